The first-order chi connectivity index (χ1) is 13.5. The first kappa shape index (κ1) is 20.9. The third-order valence-electron chi connectivity index (χ3n) is 4.71. The van der Waals surface area contributed by atoms with Crippen molar-refractivity contribution in [2.24, 2.45) is 0 Å². The van der Waals surface area contributed by atoms with Crippen molar-refractivity contribution < 1.29 is 23.9 Å². The van der Waals surface area contributed by atoms with Crippen molar-refractivity contribution in [3.8, 4) is 0 Å². The molecule has 1 saturated heterocycles. The number of aromatic nitrogens is 2. The lowest BCUT2D eigenvalue weighted by atomic mass is 10.2. The van der Waals surface area contributed by atoms with Gasteiger partial charge in [0, 0.05) is 13.2 Å². The molecule has 3 heterocycles. The number of rotatable bonds is 8. The Morgan fingerprint density at radius 2 is 2.11 bits per heavy atom. The second-order valence-corrected chi connectivity index (χ2v) is 7.98. The van der Waals surface area contributed by atoms with Gasteiger partial charge in [-0.25, -0.2) is 14.8 Å². The molecule has 1 aliphatic rings. The second-order valence-electron chi connectivity index (χ2n) is 6.99. The van der Waals surface area contributed by atoms with E-state index in [4.69, 9.17) is 24.2 Å². The van der Waals surface area contributed by atoms with Gasteiger partial charge in [-0.1, -0.05) is 0 Å². The lowest BCUT2D eigenvalue weighted by Gasteiger charge is -2.23. The first-order valence-corrected chi connectivity index (χ1v) is 10.5. The van der Waals surface area contributed by atoms with Crippen molar-refractivity contribution >= 4 is 33.3 Å². The summed E-state index contributed by atoms with van der Waals surface area (Å²) in [6.07, 6.45) is 0. The van der Waals surface area contributed by atoms with E-state index in [1.807, 2.05) is 20.8 Å². The van der Waals surface area contributed by atoms with Gasteiger partial charge in [0.25, 0.3) is 0 Å². The molecule has 0 bridgehead atoms. The predicted octanol–water partition coefficient (Wildman–Crippen LogP) is 1.04. The molecule has 1 fully saturated rings. The van der Waals surface area contributed by atoms with Crippen LogP contribution < -0.4 is 10.2 Å². The van der Waals surface area contributed by atoms with E-state index < -0.39 is 0 Å². The highest BCUT2D eigenvalue weighted by molar-refractivity contribution is 7.20. The number of nitrogens with zero attached hydrogens (tertiary/aromatic N) is 2. The predicted molar refractivity (Wildman–Crippen MR) is 108 cm³/mol. The summed E-state index contributed by atoms with van der Waals surface area (Å²) in [5.74, 6) is 1.22. The number of hydrogen-bond acceptors (Lipinski definition) is 8. The Kier molecular flexibility index (Phi) is 7.17. The van der Waals surface area contributed by atoms with Crippen LogP contribution in [0.5, 0.6) is 0 Å². The molecule has 8 nitrogen and oxygen atoms in total. The molecular formula is C19H29N4O4S+. The minimum Gasteiger partial charge on any atom is -0.462 e. The number of hydrogen-bond donors (Lipinski definition) is 2. The van der Waals surface area contributed by atoms with Gasteiger partial charge in [0.15, 0.2) is 5.82 Å². The third-order valence-corrected chi connectivity index (χ3v) is 5.87. The van der Waals surface area contributed by atoms with Crippen molar-refractivity contribution in [1.29, 1.82) is 0 Å². The lowest BCUT2D eigenvalue weighted by molar-refractivity contribution is -0.922. The normalized spacial score (nSPS) is 16.3. The Hall–Kier alpha value is -1.81. The Balaban J connectivity index is 1.99. The average Bonchev–Trinajstić information content (AvgIpc) is 3.00. The van der Waals surface area contributed by atoms with Gasteiger partial charge in [-0.05, 0) is 26.3 Å². The minimum absolute atomic E-state index is 0.0806. The summed E-state index contributed by atoms with van der Waals surface area (Å²) >= 11 is 1.37. The van der Waals surface area contributed by atoms with E-state index in [0.29, 0.717) is 18.1 Å². The maximum absolute atomic E-state index is 12.4. The van der Waals surface area contributed by atoms with Gasteiger partial charge in [0.1, 0.15) is 35.2 Å². The first-order valence-electron chi connectivity index (χ1n) is 9.67. The van der Waals surface area contributed by atoms with Crippen molar-refractivity contribution in [3.63, 3.8) is 0 Å². The molecule has 9 heteroatoms. The maximum Gasteiger partial charge on any atom is 0.348 e. The fourth-order valence-electron chi connectivity index (χ4n) is 3.34. The zero-order chi connectivity index (χ0) is 20.1. The summed E-state index contributed by atoms with van der Waals surface area (Å²) in [5.41, 5.74) is 0.857. The molecule has 0 aliphatic carbocycles. The number of esters is 1. The number of carbonyl (C=O) groups is 1. The van der Waals surface area contributed by atoms with Crippen LogP contribution in [-0.2, 0) is 20.8 Å². The zero-order valence-corrected chi connectivity index (χ0v) is 17.8. The Morgan fingerprint density at radius 3 is 2.79 bits per heavy atom. The van der Waals surface area contributed by atoms with Gasteiger partial charge >= 0.3 is 5.97 Å². The Labute approximate surface area is 169 Å². The van der Waals surface area contributed by atoms with Gasteiger partial charge in [-0.15, -0.1) is 11.3 Å². The molecule has 28 heavy (non-hydrogen) atoms. The SMILES string of the molecule is CCOC(=O)c1sc2nc(C[NH+]3CCOCC3)nc(N[C@H](C)COC)c2c1C. The van der Waals surface area contributed by atoms with E-state index in [1.165, 1.54) is 16.2 Å². The van der Waals surface area contributed by atoms with Crippen molar-refractivity contribution in [3.05, 3.63) is 16.3 Å². The number of thiophene rings is 1. The number of anilines is 1. The summed E-state index contributed by atoms with van der Waals surface area (Å²) in [5, 5.41) is 4.32. The quantitative estimate of drug-likeness (QED) is 0.630. The standard InChI is InChI=1S/C19H28N4O4S/c1-5-27-19(24)16-13(3)15-17(20-12(2)11-25-4)21-14(22-18(15)28-16)10-23-6-8-26-9-7-23/h12H,5-11H2,1-4H3,(H,20,21,22)/p+1/t12-/m1/s1. The Bertz CT molecular complexity index is 820. The number of carbonyl (C=O) groups excluding carboxylic acids is 1. The maximum atomic E-state index is 12.4. The monoisotopic (exact) mass is 409 g/mol. The Morgan fingerprint density at radius 1 is 1.36 bits per heavy atom. The number of aryl methyl sites for hydroxylation is 1. The van der Waals surface area contributed by atoms with Crippen molar-refractivity contribution in [1.82, 2.24) is 9.97 Å². The van der Waals surface area contributed by atoms with Crippen LogP contribution in [0, 0.1) is 6.92 Å². The molecule has 0 radical (unpaired) electrons. The van der Waals surface area contributed by atoms with Crippen LogP contribution in [0.2, 0.25) is 0 Å². The van der Waals surface area contributed by atoms with Crippen LogP contribution in [-0.4, -0.2) is 68.6 Å². The van der Waals surface area contributed by atoms with E-state index in [2.05, 4.69) is 5.32 Å². The zero-order valence-electron chi connectivity index (χ0n) is 17.0. The molecule has 2 aromatic heterocycles. The van der Waals surface area contributed by atoms with Crippen LogP contribution in [0.15, 0.2) is 0 Å². The average molecular weight is 410 g/mol. The number of quaternary nitrogens is 1. The van der Waals surface area contributed by atoms with Crippen LogP contribution in [0.1, 0.15) is 34.9 Å². The summed E-state index contributed by atoms with van der Waals surface area (Å²) < 4.78 is 15.9. The molecule has 0 unspecified atom stereocenters. The van der Waals surface area contributed by atoms with E-state index in [9.17, 15) is 4.79 Å². The number of fused-ring (bicyclic) bond motifs is 1. The molecule has 2 aromatic rings. The lowest BCUT2D eigenvalue weighted by Crippen LogP contribution is -3.12. The van der Waals surface area contributed by atoms with Gasteiger partial charge in [0.05, 0.1) is 31.8 Å². The number of methoxy groups -OCH3 is 1. The fraction of sp³-hybridized carbons (Fsp3) is 0.632. The van der Waals surface area contributed by atoms with E-state index in [1.54, 1.807) is 7.11 Å². The molecular weight excluding hydrogens is 380 g/mol. The molecule has 2 N–H and O–H groups in total. The number of morpholine rings is 1. The van der Waals surface area contributed by atoms with Crippen LogP contribution in [0.3, 0.4) is 0 Å². The summed E-state index contributed by atoms with van der Waals surface area (Å²) in [6, 6.07) is 0.0806. The molecule has 3 rings (SSSR count). The van der Waals surface area contributed by atoms with Gasteiger partial charge in [0.2, 0.25) is 0 Å². The highest BCUT2D eigenvalue weighted by Crippen LogP contribution is 2.34. The van der Waals surface area contributed by atoms with Crippen LogP contribution >= 0.6 is 11.3 Å². The highest BCUT2D eigenvalue weighted by atomic mass is 32.1. The van der Waals surface area contributed by atoms with E-state index in [0.717, 1.165) is 60.3 Å². The molecule has 154 valence electrons. The minimum atomic E-state index is -0.306. The van der Waals surface area contributed by atoms with Crippen molar-refractivity contribution in [2.75, 3.05) is 51.9 Å². The van der Waals surface area contributed by atoms with Crippen LogP contribution in [0.25, 0.3) is 10.2 Å². The molecule has 0 amide bonds. The third kappa shape index (κ3) is 4.78. The topological polar surface area (TPSA) is 87.0 Å². The molecule has 0 aromatic carbocycles. The molecule has 0 saturated carbocycles. The van der Waals surface area contributed by atoms with E-state index in [-0.39, 0.29) is 12.0 Å². The molecule has 1 aliphatic heterocycles. The van der Waals surface area contributed by atoms with Gasteiger partial charge in [-0.2, -0.15) is 0 Å². The smallest absolute Gasteiger partial charge is 0.348 e. The number of nitrogens with one attached hydrogen (secondary N) is 2. The largest absolute Gasteiger partial charge is 0.462 e. The molecule has 1 atom stereocenters. The second kappa shape index (κ2) is 9.60. The summed E-state index contributed by atoms with van der Waals surface area (Å²) in [4.78, 5) is 24.7. The van der Waals surface area contributed by atoms with Gasteiger partial charge in [-0.3, -0.25) is 0 Å². The number of ether oxygens (including phenoxy) is 3. The highest BCUT2D eigenvalue weighted by Gasteiger charge is 2.24. The molecule has 0 spiro atoms. The van der Waals surface area contributed by atoms with E-state index >= 15 is 0 Å². The van der Waals surface area contributed by atoms with Crippen LogP contribution in [0.4, 0.5) is 5.82 Å². The van der Waals surface area contributed by atoms with Gasteiger partial charge < -0.3 is 24.4 Å². The summed E-state index contributed by atoms with van der Waals surface area (Å²) in [7, 11) is 1.68. The summed E-state index contributed by atoms with van der Waals surface area (Å²) in [6.45, 7) is 10.8. The van der Waals surface area contributed by atoms with Crippen molar-refractivity contribution in [2.45, 2.75) is 33.4 Å². The fourth-order valence-corrected chi connectivity index (χ4v) is 4.44.